The molecule has 0 aromatic rings. The number of hydrogen-bond donors (Lipinski definition) is 0. The molecule has 0 saturated heterocycles. The molecular weight excluding hydrogens is 186 g/mol. The maximum Gasteiger partial charge on any atom is 0.0515 e. The third kappa shape index (κ3) is 11.8. The van der Waals surface area contributed by atoms with Crippen LogP contribution in [-0.4, -0.2) is 39.3 Å². The van der Waals surface area contributed by atoms with Gasteiger partial charge in [-0.1, -0.05) is 34.1 Å². The maximum absolute atomic E-state index is 5.15. The minimum atomic E-state index is 0.420. The van der Waals surface area contributed by atoms with Gasteiger partial charge in [-0.2, -0.15) is 0 Å². The summed E-state index contributed by atoms with van der Waals surface area (Å²) in [5, 5.41) is 0. The van der Waals surface area contributed by atoms with Gasteiger partial charge in [0.05, 0.1) is 6.61 Å². The fourth-order valence-corrected chi connectivity index (χ4v) is 1.30. The van der Waals surface area contributed by atoms with Crippen LogP contribution in [0.25, 0.3) is 0 Å². The zero-order valence-electron chi connectivity index (χ0n) is 11.9. The molecule has 0 amide bonds. The summed E-state index contributed by atoms with van der Waals surface area (Å²) in [5.41, 5.74) is 0.420. The molecule has 0 aliphatic carbocycles. The molecule has 94 valence electrons. The molecule has 0 rings (SSSR count). The summed E-state index contributed by atoms with van der Waals surface area (Å²) in [5.74, 6) is 0. The van der Waals surface area contributed by atoms with E-state index in [2.05, 4.69) is 46.7 Å². The van der Waals surface area contributed by atoms with E-state index in [0.29, 0.717) is 5.41 Å². The molecule has 0 N–H and O–H groups in total. The molecule has 0 radical (unpaired) electrons. The van der Waals surface area contributed by atoms with Crippen LogP contribution < -0.4 is 0 Å². The molecule has 0 bridgehead atoms. The average molecular weight is 217 g/mol. The Hall–Kier alpha value is -0.0800. The first-order chi connectivity index (χ1) is 6.95. The Kier molecular flexibility index (Phi) is 12.1. The Labute approximate surface area is 97.0 Å². The predicted molar refractivity (Wildman–Crippen MR) is 69.4 cm³/mol. The largest absolute Gasteiger partial charge is 0.384 e. The van der Waals surface area contributed by atoms with Crippen molar-refractivity contribution >= 4 is 0 Å². The minimum absolute atomic E-state index is 0.420. The van der Waals surface area contributed by atoms with Gasteiger partial charge in [0, 0.05) is 7.11 Å². The Bertz CT molecular complexity index is 118. The maximum atomic E-state index is 5.15. The van der Waals surface area contributed by atoms with Crippen LogP contribution in [0.4, 0.5) is 0 Å². The summed E-state index contributed by atoms with van der Waals surface area (Å²) in [7, 11) is 5.89. The lowest BCUT2D eigenvalue weighted by Gasteiger charge is -2.26. The zero-order chi connectivity index (χ0) is 12.3. The molecule has 0 aromatic heterocycles. The molecular formula is C13H31NO. The lowest BCUT2D eigenvalue weighted by molar-refractivity contribution is 0.0817. The van der Waals surface area contributed by atoms with Gasteiger partial charge in [0.25, 0.3) is 0 Å². The second-order valence-electron chi connectivity index (χ2n) is 4.74. The number of ether oxygens (including phenoxy) is 1. The minimum Gasteiger partial charge on any atom is -0.384 e. The van der Waals surface area contributed by atoms with Gasteiger partial charge in [0.2, 0.25) is 0 Å². The summed E-state index contributed by atoms with van der Waals surface area (Å²) in [6.45, 7) is 10.9. The highest BCUT2D eigenvalue weighted by atomic mass is 16.5. The quantitative estimate of drug-likeness (QED) is 0.676. The van der Waals surface area contributed by atoms with Crippen molar-refractivity contribution in [2.45, 2.75) is 47.0 Å². The second-order valence-corrected chi connectivity index (χ2v) is 4.74. The second kappa shape index (κ2) is 10.4. The molecule has 0 heterocycles. The Morgan fingerprint density at radius 3 is 1.80 bits per heavy atom. The summed E-state index contributed by atoms with van der Waals surface area (Å²) in [6.07, 6.45) is 3.75. The standard InChI is InChI=1S/C9H20O.C4H11N/c1-5-7-9(3,6-2)8-10-4;1-4-5(2)3/h5-8H2,1-4H3;4H2,1-3H3. The molecule has 0 aliphatic rings. The van der Waals surface area contributed by atoms with E-state index in [1.54, 1.807) is 7.11 Å². The molecule has 2 heteroatoms. The molecule has 2 nitrogen and oxygen atoms in total. The molecule has 0 aliphatic heterocycles. The van der Waals surface area contributed by atoms with Crippen molar-refractivity contribution in [1.82, 2.24) is 4.90 Å². The van der Waals surface area contributed by atoms with Crippen molar-refractivity contribution < 1.29 is 4.74 Å². The third-order valence-corrected chi connectivity index (χ3v) is 2.83. The van der Waals surface area contributed by atoms with Crippen molar-refractivity contribution in [1.29, 1.82) is 0 Å². The monoisotopic (exact) mass is 217 g/mol. The van der Waals surface area contributed by atoms with E-state index >= 15 is 0 Å². The van der Waals surface area contributed by atoms with Crippen LogP contribution in [0, 0.1) is 5.41 Å². The first-order valence-corrected chi connectivity index (χ1v) is 6.09. The highest BCUT2D eigenvalue weighted by molar-refractivity contribution is 4.70. The topological polar surface area (TPSA) is 12.5 Å². The van der Waals surface area contributed by atoms with Crippen molar-refractivity contribution in [2.24, 2.45) is 5.41 Å². The first kappa shape index (κ1) is 17.3. The van der Waals surface area contributed by atoms with Crippen LogP contribution in [-0.2, 0) is 4.74 Å². The predicted octanol–water partition coefficient (Wildman–Crippen LogP) is 3.42. The lowest BCUT2D eigenvalue weighted by atomic mass is 9.84. The van der Waals surface area contributed by atoms with Crippen LogP contribution in [0.5, 0.6) is 0 Å². The summed E-state index contributed by atoms with van der Waals surface area (Å²) in [6, 6.07) is 0. The van der Waals surface area contributed by atoms with Gasteiger partial charge in [0.15, 0.2) is 0 Å². The molecule has 1 unspecified atom stereocenters. The number of methoxy groups -OCH3 is 1. The number of rotatable bonds is 6. The molecule has 0 spiro atoms. The van der Waals surface area contributed by atoms with Crippen LogP contribution >= 0.6 is 0 Å². The average Bonchev–Trinajstić information content (AvgIpc) is 2.19. The number of hydrogen-bond acceptors (Lipinski definition) is 2. The van der Waals surface area contributed by atoms with E-state index in [1.807, 2.05) is 0 Å². The van der Waals surface area contributed by atoms with Crippen molar-refractivity contribution in [3.63, 3.8) is 0 Å². The Morgan fingerprint density at radius 2 is 1.60 bits per heavy atom. The first-order valence-electron chi connectivity index (χ1n) is 6.09. The van der Waals surface area contributed by atoms with Crippen molar-refractivity contribution in [3.8, 4) is 0 Å². The molecule has 15 heavy (non-hydrogen) atoms. The Morgan fingerprint density at radius 1 is 1.13 bits per heavy atom. The highest BCUT2D eigenvalue weighted by Gasteiger charge is 2.19. The van der Waals surface area contributed by atoms with E-state index in [9.17, 15) is 0 Å². The van der Waals surface area contributed by atoms with E-state index in [1.165, 1.54) is 19.3 Å². The normalized spacial score (nSPS) is 14.4. The SMILES string of the molecule is CCCC(C)(CC)COC.CCN(C)C. The number of nitrogens with zero attached hydrogens (tertiary/aromatic N) is 1. The van der Waals surface area contributed by atoms with Gasteiger partial charge in [-0.05, 0) is 38.9 Å². The van der Waals surface area contributed by atoms with Crippen LogP contribution in [0.2, 0.25) is 0 Å². The van der Waals surface area contributed by atoms with E-state index in [0.717, 1.165) is 13.2 Å². The highest BCUT2D eigenvalue weighted by Crippen LogP contribution is 2.26. The van der Waals surface area contributed by atoms with Gasteiger partial charge < -0.3 is 9.64 Å². The smallest absolute Gasteiger partial charge is 0.0515 e. The summed E-state index contributed by atoms with van der Waals surface area (Å²) < 4.78 is 5.15. The van der Waals surface area contributed by atoms with Gasteiger partial charge in [0.1, 0.15) is 0 Å². The molecule has 1 atom stereocenters. The lowest BCUT2D eigenvalue weighted by Crippen LogP contribution is -2.21. The van der Waals surface area contributed by atoms with Crippen LogP contribution in [0.3, 0.4) is 0 Å². The molecule has 0 fully saturated rings. The van der Waals surface area contributed by atoms with Gasteiger partial charge >= 0.3 is 0 Å². The van der Waals surface area contributed by atoms with E-state index in [4.69, 9.17) is 4.74 Å². The third-order valence-electron chi connectivity index (χ3n) is 2.83. The van der Waals surface area contributed by atoms with E-state index < -0.39 is 0 Å². The molecule has 0 saturated carbocycles. The Balaban J connectivity index is 0. The fourth-order valence-electron chi connectivity index (χ4n) is 1.30. The van der Waals surface area contributed by atoms with Gasteiger partial charge in [-0.25, -0.2) is 0 Å². The fraction of sp³-hybridized carbons (Fsp3) is 1.00. The van der Waals surface area contributed by atoms with Crippen LogP contribution in [0.15, 0.2) is 0 Å². The van der Waals surface area contributed by atoms with Gasteiger partial charge in [-0.3, -0.25) is 0 Å². The van der Waals surface area contributed by atoms with E-state index in [-0.39, 0.29) is 0 Å². The summed E-state index contributed by atoms with van der Waals surface area (Å²) >= 11 is 0. The van der Waals surface area contributed by atoms with Crippen molar-refractivity contribution in [2.75, 3.05) is 34.4 Å². The molecule has 0 aromatic carbocycles. The van der Waals surface area contributed by atoms with Gasteiger partial charge in [-0.15, -0.1) is 0 Å². The van der Waals surface area contributed by atoms with Crippen molar-refractivity contribution in [3.05, 3.63) is 0 Å². The zero-order valence-corrected chi connectivity index (χ0v) is 11.9. The van der Waals surface area contributed by atoms with Crippen LogP contribution in [0.1, 0.15) is 47.0 Å². The summed E-state index contributed by atoms with van der Waals surface area (Å²) in [4.78, 5) is 2.12.